The highest BCUT2D eigenvalue weighted by Crippen LogP contribution is 2.40. The Kier molecular flexibility index (Phi) is 5.87. The average molecular weight is 401 g/mol. The maximum Gasteiger partial charge on any atom is 0.237 e. The van der Waals surface area contributed by atoms with Crippen LogP contribution in [0.1, 0.15) is 48.2 Å². The van der Waals surface area contributed by atoms with Crippen molar-refractivity contribution in [3.8, 4) is 11.5 Å². The number of rotatable bonds is 6. The summed E-state index contributed by atoms with van der Waals surface area (Å²) in [7, 11) is 3.38. The Morgan fingerprint density at radius 1 is 1.11 bits per heavy atom. The Morgan fingerprint density at radius 3 is 2.68 bits per heavy atom. The van der Waals surface area contributed by atoms with Gasteiger partial charge in [0.05, 0.1) is 26.8 Å². The Balaban J connectivity index is 1.51. The van der Waals surface area contributed by atoms with Crippen molar-refractivity contribution in [2.24, 2.45) is 0 Å². The lowest BCUT2D eigenvalue weighted by Crippen LogP contribution is -2.39. The molecule has 0 spiro atoms. The van der Waals surface area contributed by atoms with E-state index in [4.69, 9.17) is 9.47 Å². The molecule has 1 aromatic heterocycles. The highest BCUT2D eigenvalue weighted by atomic mass is 32.1. The van der Waals surface area contributed by atoms with Gasteiger partial charge in [-0.05, 0) is 61.9 Å². The summed E-state index contributed by atoms with van der Waals surface area (Å²) >= 11 is 1.75. The molecule has 0 aliphatic carbocycles. The minimum absolute atomic E-state index is 0.191. The summed E-state index contributed by atoms with van der Waals surface area (Å²) in [6, 6.07) is 10.6. The van der Waals surface area contributed by atoms with Gasteiger partial charge in [-0.3, -0.25) is 9.69 Å². The fraction of sp³-hybridized carbons (Fsp3) is 0.500. The molecule has 2 aliphatic heterocycles. The largest absolute Gasteiger partial charge is 0.497 e. The van der Waals surface area contributed by atoms with E-state index in [0.29, 0.717) is 6.54 Å². The van der Waals surface area contributed by atoms with E-state index in [2.05, 4.69) is 33.4 Å². The van der Waals surface area contributed by atoms with Crippen LogP contribution >= 0.6 is 11.3 Å². The molecule has 1 amide bonds. The van der Waals surface area contributed by atoms with Crippen molar-refractivity contribution in [2.75, 3.05) is 33.9 Å². The van der Waals surface area contributed by atoms with Crippen molar-refractivity contribution < 1.29 is 14.3 Å². The van der Waals surface area contributed by atoms with Crippen LogP contribution in [0.4, 0.5) is 0 Å². The molecule has 2 aliphatic rings. The third-order valence-electron chi connectivity index (χ3n) is 5.94. The Bertz CT molecular complexity index is 808. The van der Waals surface area contributed by atoms with Gasteiger partial charge >= 0.3 is 0 Å². The summed E-state index contributed by atoms with van der Waals surface area (Å²) in [5, 5.41) is 2.10. The first-order valence-electron chi connectivity index (χ1n) is 10.00. The number of thiophene rings is 1. The normalized spacial score (nSPS) is 22.6. The molecule has 150 valence electrons. The van der Waals surface area contributed by atoms with E-state index >= 15 is 0 Å². The van der Waals surface area contributed by atoms with E-state index in [1.807, 2.05) is 12.1 Å². The first-order valence-corrected chi connectivity index (χ1v) is 10.9. The molecule has 2 fully saturated rings. The molecule has 5 nitrogen and oxygen atoms in total. The Labute approximate surface area is 170 Å². The van der Waals surface area contributed by atoms with Crippen LogP contribution in [0.5, 0.6) is 11.5 Å². The number of nitrogens with zero attached hydrogens (tertiary/aromatic N) is 2. The van der Waals surface area contributed by atoms with E-state index in [1.165, 1.54) is 4.88 Å². The van der Waals surface area contributed by atoms with Gasteiger partial charge in [0.2, 0.25) is 5.91 Å². The second kappa shape index (κ2) is 8.53. The van der Waals surface area contributed by atoms with Crippen molar-refractivity contribution in [3.63, 3.8) is 0 Å². The lowest BCUT2D eigenvalue weighted by Gasteiger charge is -2.30. The molecule has 0 bridgehead atoms. The van der Waals surface area contributed by atoms with Gasteiger partial charge in [-0.1, -0.05) is 6.07 Å². The van der Waals surface area contributed by atoms with E-state index in [0.717, 1.165) is 55.8 Å². The van der Waals surface area contributed by atoms with Gasteiger partial charge in [-0.25, -0.2) is 0 Å². The molecular weight excluding hydrogens is 372 g/mol. The fourth-order valence-corrected chi connectivity index (χ4v) is 5.45. The van der Waals surface area contributed by atoms with Gasteiger partial charge in [-0.2, -0.15) is 0 Å². The lowest BCUT2D eigenvalue weighted by atomic mass is 10.0. The van der Waals surface area contributed by atoms with Gasteiger partial charge < -0.3 is 14.4 Å². The molecule has 0 unspecified atom stereocenters. The van der Waals surface area contributed by atoms with Gasteiger partial charge in [-0.15, -0.1) is 11.3 Å². The monoisotopic (exact) mass is 400 g/mol. The minimum atomic E-state index is 0.191. The standard InChI is InChI=1S/C22H28N2O3S/c1-26-16-9-10-20(27-2)17(14-16)18-6-3-11-23(18)15-22(25)24-12-4-7-19(24)21-8-5-13-28-21/h5,8-10,13-14,18-19H,3-4,6-7,11-12,15H2,1-2H3/t18-,19+/m0/s1. The van der Waals surface area contributed by atoms with Gasteiger partial charge in [0, 0.05) is 23.0 Å². The average Bonchev–Trinajstić information content (AvgIpc) is 3.47. The van der Waals surface area contributed by atoms with E-state index < -0.39 is 0 Å². The summed E-state index contributed by atoms with van der Waals surface area (Å²) in [4.78, 5) is 18.9. The number of hydrogen-bond acceptors (Lipinski definition) is 5. The third kappa shape index (κ3) is 3.76. The molecule has 0 saturated carbocycles. The minimum Gasteiger partial charge on any atom is -0.497 e. The van der Waals surface area contributed by atoms with Crippen LogP contribution < -0.4 is 9.47 Å². The third-order valence-corrected chi connectivity index (χ3v) is 6.92. The maximum atomic E-state index is 13.2. The SMILES string of the molecule is COc1ccc(OC)c([C@@H]2CCCN2CC(=O)N2CCC[C@@H]2c2cccs2)c1. The molecule has 0 N–H and O–H groups in total. The molecule has 2 saturated heterocycles. The van der Waals surface area contributed by atoms with Gasteiger partial charge in [0.1, 0.15) is 11.5 Å². The molecule has 28 heavy (non-hydrogen) atoms. The van der Waals surface area contributed by atoms with Crippen LogP contribution in [0.3, 0.4) is 0 Å². The maximum absolute atomic E-state index is 13.2. The summed E-state index contributed by atoms with van der Waals surface area (Å²) < 4.78 is 11.0. The second-order valence-corrected chi connectivity index (χ2v) is 8.48. The fourth-order valence-electron chi connectivity index (χ4n) is 4.57. The predicted molar refractivity (Wildman–Crippen MR) is 111 cm³/mol. The number of ether oxygens (including phenoxy) is 2. The molecule has 4 rings (SSSR count). The predicted octanol–water partition coefficient (Wildman–Crippen LogP) is 4.27. The van der Waals surface area contributed by atoms with Crippen LogP contribution in [0, 0.1) is 0 Å². The van der Waals surface area contributed by atoms with Gasteiger partial charge in [0.15, 0.2) is 0 Å². The molecule has 2 atom stereocenters. The molecule has 3 heterocycles. The molecule has 1 aromatic carbocycles. The molecule has 2 aromatic rings. The number of carbonyl (C=O) groups excluding carboxylic acids is 1. The Hall–Kier alpha value is -2.05. The van der Waals surface area contributed by atoms with E-state index in [9.17, 15) is 4.79 Å². The smallest absolute Gasteiger partial charge is 0.237 e. The highest BCUT2D eigenvalue weighted by Gasteiger charge is 2.35. The summed E-state index contributed by atoms with van der Waals surface area (Å²) in [5.74, 6) is 1.93. The molecule has 0 radical (unpaired) electrons. The summed E-state index contributed by atoms with van der Waals surface area (Å²) in [6.45, 7) is 2.27. The molecular formula is C22H28N2O3S. The van der Waals surface area contributed by atoms with E-state index in [-0.39, 0.29) is 18.0 Å². The van der Waals surface area contributed by atoms with Crippen LogP contribution in [0.2, 0.25) is 0 Å². The first kappa shape index (κ1) is 19.3. The van der Waals surface area contributed by atoms with Crippen molar-refractivity contribution in [3.05, 3.63) is 46.2 Å². The number of methoxy groups -OCH3 is 2. The second-order valence-electron chi connectivity index (χ2n) is 7.50. The van der Waals surface area contributed by atoms with Crippen LogP contribution in [0.15, 0.2) is 35.7 Å². The quantitative estimate of drug-likeness (QED) is 0.726. The van der Waals surface area contributed by atoms with Crippen LogP contribution in [0.25, 0.3) is 0 Å². The van der Waals surface area contributed by atoms with Crippen LogP contribution in [-0.4, -0.2) is 49.6 Å². The number of amides is 1. The first-order chi connectivity index (χ1) is 13.7. The van der Waals surface area contributed by atoms with Crippen molar-refractivity contribution in [2.45, 2.75) is 37.8 Å². The Morgan fingerprint density at radius 2 is 1.93 bits per heavy atom. The summed E-state index contributed by atoms with van der Waals surface area (Å²) in [6.07, 6.45) is 4.28. The summed E-state index contributed by atoms with van der Waals surface area (Å²) in [5.41, 5.74) is 1.11. The topological polar surface area (TPSA) is 42.0 Å². The zero-order valence-electron chi connectivity index (χ0n) is 16.6. The number of benzene rings is 1. The zero-order valence-corrected chi connectivity index (χ0v) is 17.4. The van der Waals surface area contributed by atoms with Gasteiger partial charge in [0.25, 0.3) is 0 Å². The zero-order chi connectivity index (χ0) is 19.5. The number of hydrogen-bond donors (Lipinski definition) is 0. The lowest BCUT2D eigenvalue weighted by molar-refractivity contribution is -0.133. The van der Waals surface area contributed by atoms with Crippen LogP contribution in [-0.2, 0) is 4.79 Å². The van der Waals surface area contributed by atoms with Crippen molar-refractivity contribution >= 4 is 17.2 Å². The molecule has 6 heteroatoms. The van der Waals surface area contributed by atoms with E-state index in [1.54, 1.807) is 25.6 Å². The number of carbonyl (C=O) groups is 1. The number of likely N-dealkylation sites (tertiary alicyclic amines) is 2. The van der Waals surface area contributed by atoms with Crippen molar-refractivity contribution in [1.29, 1.82) is 0 Å². The van der Waals surface area contributed by atoms with Crippen molar-refractivity contribution in [1.82, 2.24) is 9.80 Å². The highest BCUT2D eigenvalue weighted by molar-refractivity contribution is 7.10.